The zero-order valence-electron chi connectivity index (χ0n) is 28.7. The lowest BCUT2D eigenvalue weighted by Gasteiger charge is -2.22. The Bertz CT molecular complexity index is 1890. The number of carboxylic acid groups (broad SMARTS) is 2. The highest BCUT2D eigenvalue weighted by Gasteiger charge is 2.32. The van der Waals surface area contributed by atoms with Crippen LogP contribution >= 0.6 is 0 Å². The number of nitrogens with zero attached hydrogens (tertiary/aromatic N) is 1. The maximum atomic E-state index is 14.7. The molecular weight excluding hydrogens is 653 g/mol. The van der Waals surface area contributed by atoms with Crippen molar-refractivity contribution in [2.75, 3.05) is 33.3 Å². The van der Waals surface area contributed by atoms with Gasteiger partial charge in [-0.3, -0.25) is 14.5 Å². The first kappa shape index (κ1) is 34.7. The van der Waals surface area contributed by atoms with Crippen LogP contribution < -0.4 is 15.4 Å². The number of aliphatic carboxylic acids is 2. The zero-order valence-corrected chi connectivity index (χ0v) is 28.7. The van der Waals surface area contributed by atoms with Gasteiger partial charge in [0.2, 0.25) is 0 Å². The predicted molar refractivity (Wildman–Crippen MR) is 190 cm³/mol. The van der Waals surface area contributed by atoms with Crippen LogP contribution in [-0.4, -0.2) is 60.3 Å². The molecule has 7 rings (SSSR count). The molecule has 0 unspecified atom stereocenters. The molecule has 0 radical (unpaired) electrons. The van der Waals surface area contributed by atoms with Crippen LogP contribution in [0.5, 0.6) is 5.75 Å². The lowest BCUT2D eigenvalue weighted by molar-refractivity contribution is -0.144. The molecule has 4 heterocycles. The Kier molecular flexibility index (Phi) is 10.4. The van der Waals surface area contributed by atoms with Crippen LogP contribution in [0, 0.1) is 29.5 Å². The van der Waals surface area contributed by atoms with Gasteiger partial charge in [-0.15, -0.1) is 0 Å². The largest absolute Gasteiger partial charge is 0.497 e. The summed E-state index contributed by atoms with van der Waals surface area (Å²) in [5, 5.41) is 28.5. The molecule has 268 valence electrons. The Labute approximate surface area is 295 Å². The Morgan fingerprint density at radius 1 is 0.784 bits per heavy atom. The highest BCUT2D eigenvalue weighted by atomic mass is 19.1. The molecule has 4 N–H and O–H groups in total. The van der Waals surface area contributed by atoms with Gasteiger partial charge in [-0.2, -0.15) is 0 Å². The van der Waals surface area contributed by atoms with Gasteiger partial charge < -0.3 is 34.4 Å². The standard InChI is InChI=1S/C40H44FN3O7/c1-49-32-11-26(10-31(41)16-32)19-44(20-29-22-50-37-4-2-24(12-33(29)37)14-35(39(45)46)27-6-8-42-17-27)21-30-23-51-38-5-3-25(13-34(30)38)15-36(40(47)48)28-7-9-43-18-28/h2-5,10-13,16,22-23,27-28,35-36,42-43H,6-9,14-15,17-21H2,1H3,(H,45,46)(H,47,48)/t27-,28-,35-,36-/m0/s1. The van der Waals surface area contributed by atoms with Crippen LogP contribution in [0.15, 0.2) is 76.0 Å². The third-order valence-corrected chi connectivity index (χ3v) is 10.7. The predicted octanol–water partition coefficient (Wildman–Crippen LogP) is 6.23. The summed E-state index contributed by atoms with van der Waals surface area (Å²) in [6, 6.07) is 16.4. The van der Waals surface area contributed by atoms with E-state index in [-0.39, 0.29) is 11.8 Å². The lowest BCUT2D eigenvalue weighted by atomic mass is 9.86. The number of methoxy groups -OCH3 is 1. The minimum Gasteiger partial charge on any atom is -0.497 e. The average molecular weight is 698 g/mol. The number of hydrogen-bond donors (Lipinski definition) is 4. The summed E-state index contributed by atoms with van der Waals surface area (Å²) in [5.41, 5.74) is 5.87. The Balaban J connectivity index is 1.18. The maximum Gasteiger partial charge on any atom is 0.307 e. The van der Waals surface area contributed by atoms with Crippen LogP contribution in [-0.2, 0) is 42.1 Å². The summed E-state index contributed by atoms with van der Waals surface area (Å²) < 4.78 is 32.0. The zero-order chi connectivity index (χ0) is 35.5. The molecule has 0 amide bonds. The van der Waals surface area contributed by atoms with Crippen molar-refractivity contribution in [3.63, 3.8) is 0 Å². The third-order valence-electron chi connectivity index (χ3n) is 10.7. The van der Waals surface area contributed by atoms with Crippen molar-refractivity contribution in [2.24, 2.45) is 23.7 Å². The van der Waals surface area contributed by atoms with E-state index in [0.29, 0.717) is 62.5 Å². The van der Waals surface area contributed by atoms with E-state index in [2.05, 4.69) is 15.5 Å². The van der Waals surface area contributed by atoms with Gasteiger partial charge in [0.25, 0.3) is 0 Å². The van der Waals surface area contributed by atoms with Crippen molar-refractivity contribution in [1.82, 2.24) is 15.5 Å². The van der Waals surface area contributed by atoms with E-state index in [1.165, 1.54) is 19.2 Å². The summed E-state index contributed by atoms with van der Waals surface area (Å²) >= 11 is 0. The molecule has 10 nitrogen and oxygen atoms in total. The first-order valence-corrected chi connectivity index (χ1v) is 17.6. The molecule has 11 heteroatoms. The number of carboxylic acids is 2. The Morgan fingerprint density at radius 2 is 1.31 bits per heavy atom. The summed E-state index contributed by atoms with van der Waals surface area (Å²) in [5.74, 6) is -2.31. The van der Waals surface area contributed by atoms with Crippen LogP contribution in [0.25, 0.3) is 21.9 Å². The molecule has 5 aromatic rings. The van der Waals surface area contributed by atoms with E-state index >= 15 is 0 Å². The van der Waals surface area contributed by atoms with Gasteiger partial charge in [-0.05, 0) is 117 Å². The van der Waals surface area contributed by atoms with Crippen molar-refractivity contribution in [2.45, 2.75) is 45.3 Å². The van der Waals surface area contributed by atoms with E-state index in [9.17, 15) is 24.2 Å². The van der Waals surface area contributed by atoms with E-state index in [1.807, 2.05) is 42.5 Å². The topological polar surface area (TPSA) is 137 Å². The van der Waals surface area contributed by atoms with Crippen LogP contribution in [0.1, 0.15) is 40.7 Å². The second kappa shape index (κ2) is 15.3. The second-order valence-corrected chi connectivity index (χ2v) is 14.1. The van der Waals surface area contributed by atoms with Gasteiger partial charge in [0, 0.05) is 47.6 Å². The number of nitrogens with one attached hydrogen (secondary N) is 2. The number of fused-ring (bicyclic) bond motifs is 2. The molecule has 0 spiro atoms. The summed E-state index contributed by atoms with van der Waals surface area (Å²) in [4.78, 5) is 26.7. The van der Waals surface area contributed by atoms with Crippen LogP contribution in [0.3, 0.4) is 0 Å². The molecule has 4 atom stereocenters. The summed E-state index contributed by atoms with van der Waals surface area (Å²) in [6.45, 7) is 4.37. The number of hydrogen-bond acceptors (Lipinski definition) is 8. The number of rotatable bonds is 15. The second-order valence-electron chi connectivity index (χ2n) is 14.1. The smallest absolute Gasteiger partial charge is 0.307 e. The fourth-order valence-corrected chi connectivity index (χ4v) is 7.95. The number of carbonyl (C=O) groups is 2. The van der Waals surface area contributed by atoms with Crippen molar-refractivity contribution in [3.05, 3.63) is 101 Å². The molecule has 2 saturated heterocycles. The van der Waals surface area contributed by atoms with E-state index in [1.54, 1.807) is 12.5 Å². The van der Waals surface area contributed by atoms with Crippen molar-refractivity contribution < 1.29 is 37.8 Å². The first-order valence-electron chi connectivity index (χ1n) is 17.6. The normalized spacial score (nSPS) is 18.9. The van der Waals surface area contributed by atoms with Crippen LogP contribution in [0.2, 0.25) is 0 Å². The summed E-state index contributed by atoms with van der Waals surface area (Å²) in [6.07, 6.45) is 6.02. The SMILES string of the molecule is COc1cc(F)cc(CN(Cc2coc3ccc(C[C@H](C(=O)O)[C@H]4CCNC4)cc23)Cc2coc3ccc(C[C@H](C(=O)O)[C@H]4CCNC4)cc23)c1. The molecule has 0 aliphatic carbocycles. The number of halogens is 1. The summed E-state index contributed by atoms with van der Waals surface area (Å²) in [7, 11) is 1.51. The number of benzene rings is 3. The van der Waals surface area contributed by atoms with Gasteiger partial charge in [0.05, 0.1) is 31.5 Å². The lowest BCUT2D eigenvalue weighted by Crippen LogP contribution is -2.27. The van der Waals surface area contributed by atoms with E-state index in [4.69, 9.17) is 13.6 Å². The van der Waals surface area contributed by atoms with Gasteiger partial charge in [-0.25, -0.2) is 4.39 Å². The highest BCUT2D eigenvalue weighted by Crippen LogP contribution is 2.32. The van der Waals surface area contributed by atoms with E-state index in [0.717, 1.165) is 64.5 Å². The van der Waals surface area contributed by atoms with Crippen molar-refractivity contribution in [1.29, 1.82) is 0 Å². The van der Waals surface area contributed by atoms with Crippen molar-refractivity contribution in [3.8, 4) is 5.75 Å². The maximum absolute atomic E-state index is 14.7. The fourth-order valence-electron chi connectivity index (χ4n) is 7.95. The van der Waals surface area contributed by atoms with E-state index < -0.39 is 29.6 Å². The molecule has 0 saturated carbocycles. The average Bonchev–Trinajstić information content (AvgIpc) is 3.95. The van der Waals surface area contributed by atoms with Crippen LogP contribution in [0.4, 0.5) is 4.39 Å². The third kappa shape index (κ3) is 7.96. The highest BCUT2D eigenvalue weighted by molar-refractivity contribution is 5.83. The van der Waals surface area contributed by atoms with Crippen molar-refractivity contribution >= 4 is 33.9 Å². The monoisotopic (exact) mass is 697 g/mol. The van der Waals surface area contributed by atoms with Gasteiger partial charge in [0.1, 0.15) is 22.7 Å². The Morgan fingerprint density at radius 3 is 1.76 bits per heavy atom. The molecule has 2 aliphatic heterocycles. The molecule has 2 aromatic heterocycles. The molecular formula is C40H44FN3O7. The van der Waals surface area contributed by atoms with Gasteiger partial charge >= 0.3 is 11.9 Å². The first-order chi connectivity index (χ1) is 24.7. The minimum absolute atomic E-state index is 0.0841. The number of ether oxygens (including phenoxy) is 1. The molecule has 3 aromatic carbocycles. The van der Waals surface area contributed by atoms with Gasteiger partial charge in [-0.1, -0.05) is 12.1 Å². The minimum atomic E-state index is -0.780. The van der Waals surface area contributed by atoms with Gasteiger partial charge in [0.15, 0.2) is 0 Å². The quantitative estimate of drug-likeness (QED) is 0.0996. The molecule has 51 heavy (non-hydrogen) atoms. The molecule has 2 fully saturated rings. The molecule has 2 aliphatic rings. The Hall–Kier alpha value is -4.71. The molecule has 0 bridgehead atoms. The number of furan rings is 2. The fraction of sp³-hybridized carbons (Fsp3) is 0.400.